The predicted molar refractivity (Wildman–Crippen MR) is 127 cm³/mol. The Bertz CT molecular complexity index is 1200. The summed E-state index contributed by atoms with van der Waals surface area (Å²) in [4.78, 5) is 10.7. The lowest BCUT2D eigenvalue weighted by Gasteiger charge is -2.26. The number of nitrogens with one attached hydrogen (secondary N) is 2. The highest BCUT2D eigenvalue weighted by Gasteiger charge is 2.19. The van der Waals surface area contributed by atoms with Gasteiger partial charge >= 0.3 is 0 Å². The van der Waals surface area contributed by atoms with Crippen LogP contribution in [0.1, 0.15) is 11.1 Å². The lowest BCUT2D eigenvalue weighted by Crippen LogP contribution is -2.26. The monoisotopic (exact) mass is 455 g/mol. The minimum atomic E-state index is -2.57. The van der Waals surface area contributed by atoms with E-state index in [2.05, 4.69) is 32.5 Å². The van der Waals surface area contributed by atoms with Crippen LogP contribution < -0.4 is 20.7 Å². The lowest BCUT2D eigenvalue weighted by atomic mass is 9.99. The zero-order valence-corrected chi connectivity index (χ0v) is 19.5. The third-order valence-electron chi connectivity index (χ3n) is 5.45. The van der Waals surface area contributed by atoms with Crippen LogP contribution in [0.2, 0.25) is 0 Å². The van der Waals surface area contributed by atoms with E-state index in [0.29, 0.717) is 22.4 Å². The maximum Gasteiger partial charge on any atom is 0.229 e. The summed E-state index contributed by atoms with van der Waals surface area (Å²) >= 11 is 0. The van der Waals surface area contributed by atoms with E-state index in [9.17, 15) is 8.96 Å². The molecule has 0 bridgehead atoms. The number of rotatable bonds is 6. The first kappa shape index (κ1) is 22.2. The standard InChI is InChI=1S/C23H27FN5O2P/c1-29-10-9-15-12-20(31-2)19(11-16(15)14-29)27-23-25-13-17(24)22(28-23)26-18-7-5-6-8-21(18)32(3,4)30/h5-8,11-13H,9-10,14H2,1-4H3,(H2,25,26,27,28). The summed E-state index contributed by atoms with van der Waals surface area (Å²) in [7, 11) is 1.14. The van der Waals surface area contributed by atoms with Gasteiger partial charge in [-0.1, -0.05) is 12.1 Å². The first-order valence-electron chi connectivity index (χ1n) is 10.3. The summed E-state index contributed by atoms with van der Waals surface area (Å²) in [6.45, 7) is 5.20. The molecule has 0 amide bonds. The number of anilines is 4. The fourth-order valence-corrected chi connectivity index (χ4v) is 4.96. The van der Waals surface area contributed by atoms with Gasteiger partial charge in [0.15, 0.2) is 11.6 Å². The van der Waals surface area contributed by atoms with Gasteiger partial charge < -0.3 is 24.8 Å². The van der Waals surface area contributed by atoms with Gasteiger partial charge in [0.05, 0.1) is 24.7 Å². The van der Waals surface area contributed by atoms with Crippen molar-refractivity contribution in [3.05, 3.63) is 59.5 Å². The second-order valence-electron chi connectivity index (χ2n) is 8.32. The quantitative estimate of drug-likeness (QED) is 0.535. The highest BCUT2D eigenvalue weighted by Crippen LogP contribution is 2.38. The molecule has 2 heterocycles. The van der Waals surface area contributed by atoms with Gasteiger partial charge in [0, 0.05) is 18.4 Å². The molecule has 0 unspecified atom stereocenters. The molecule has 1 aliphatic rings. The van der Waals surface area contributed by atoms with E-state index in [1.54, 1.807) is 38.6 Å². The van der Waals surface area contributed by atoms with Crippen molar-refractivity contribution in [1.29, 1.82) is 0 Å². The number of benzene rings is 2. The molecule has 0 atom stereocenters. The second kappa shape index (κ2) is 8.88. The number of fused-ring (bicyclic) bond motifs is 1. The van der Waals surface area contributed by atoms with E-state index in [1.807, 2.05) is 18.2 Å². The molecule has 2 aromatic carbocycles. The molecule has 32 heavy (non-hydrogen) atoms. The van der Waals surface area contributed by atoms with Gasteiger partial charge in [0.25, 0.3) is 0 Å². The van der Waals surface area contributed by atoms with E-state index < -0.39 is 13.0 Å². The van der Waals surface area contributed by atoms with E-state index >= 15 is 0 Å². The Kier molecular flexibility index (Phi) is 6.17. The molecule has 0 saturated heterocycles. The number of methoxy groups -OCH3 is 1. The van der Waals surface area contributed by atoms with Crippen LogP contribution in [0.15, 0.2) is 42.6 Å². The number of halogens is 1. The Morgan fingerprint density at radius 2 is 1.91 bits per heavy atom. The Morgan fingerprint density at radius 1 is 1.12 bits per heavy atom. The topological polar surface area (TPSA) is 79.4 Å². The van der Waals surface area contributed by atoms with Crippen LogP contribution in [0.5, 0.6) is 5.75 Å². The van der Waals surface area contributed by atoms with Crippen LogP contribution in [0.25, 0.3) is 0 Å². The van der Waals surface area contributed by atoms with E-state index in [4.69, 9.17) is 4.74 Å². The van der Waals surface area contributed by atoms with Crippen LogP contribution in [-0.4, -0.2) is 48.9 Å². The average Bonchev–Trinajstić information content (AvgIpc) is 2.75. The van der Waals surface area contributed by atoms with Crippen molar-refractivity contribution in [3.8, 4) is 5.75 Å². The Hall–Kier alpha value is -2.96. The number of likely N-dealkylation sites (N-methyl/N-ethyl adjacent to an activating group) is 1. The number of aromatic nitrogens is 2. The second-order valence-corrected chi connectivity index (χ2v) is 11.5. The molecule has 1 aromatic heterocycles. The van der Waals surface area contributed by atoms with Crippen LogP contribution in [0.3, 0.4) is 0 Å². The van der Waals surface area contributed by atoms with Gasteiger partial charge in [-0.2, -0.15) is 4.98 Å². The lowest BCUT2D eigenvalue weighted by molar-refractivity contribution is 0.312. The zero-order valence-electron chi connectivity index (χ0n) is 18.6. The summed E-state index contributed by atoms with van der Waals surface area (Å²) in [5.41, 5.74) is 3.73. The van der Waals surface area contributed by atoms with Gasteiger partial charge in [-0.25, -0.2) is 9.37 Å². The molecular weight excluding hydrogens is 428 g/mol. The molecule has 7 nitrogen and oxygen atoms in total. The van der Waals surface area contributed by atoms with Crippen LogP contribution in [0, 0.1) is 5.82 Å². The number of ether oxygens (including phenoxy) is 1. The number of para-hydroxylation sites is 1. The molecule has 0 saturated carbocycles. The minimum absolute atomic E-state index is 0.0000557. The summed E-state index contributed by atoms with van der Waals surface area (Å²) < 4.78 is 32.7. The van der Waals surface area contributed by atoms with Gasteiger partial charge in [-0.15, -0.1) is 0 Å². The first-order chi connectivity index (χ1) is 15.2. The molecule has 0 fully saturated rings. The van der Waals surface area contributed by atoms with Gasteiger partial charge in [0.2, 0.25) is 5.95 Å². The van der Waals surface area contributed by atoms with Crippen LogP contribution in [-0.2, 0) is 17.5 Å². The third kappa shape index (κ3) is 4.76. The van der Waals surface area contributed by atoms with Gasteiger partial charge in [-0.3, -0.25) is 0 Å². The average molecular weight is 455 g/mol. The summed E-state index contributed by atoms with van der Waals surface area (Å²) in [5.74, 6) is 0.301. The molecule has 0 aliphatic carbocycles. The highest BCUT2D eigenvalue weighted by atomic mass is 31.2. The largest absolute Gasteiger partial charge is 0.495 e. The summed E-state index contributed by atoms with van der Waals surface area (Å²) in [6, 6.07) is 11.2. The predicted octanol–water partition coefficient (Wildman–Crippen LogP) is 4.35. The number of hydrogen-bond donors (Lipinski definition) is 2. The zero-order chi connectivity index (χ0) is 22.9. The molecule has 0 radical (unpaired) electrons. The molecule has 0 spiro atoms. The van der Waals surface area contributed by atoms with Gasteiger partial charge in [0.1, 0.15) is 12.9 Å². The van der Waals surface area contributed by atoms with Crippen molar-refractivity contribution >= 4 is 35.6 Å². The highest BCUT2D eigenvalue weighted by molar-refractivity contribution is 7.70. The van der Waals surface area contributed by atoms with Crippen molar-refractivity contribution in [2.24, 2.45) is 0 Å². The molecule has 3 aromatic rings. The van der Waals surface area contributed by atoms with Gasteiger partial charge in [-0.05, 0) is 62.2 Å². The van der Waals surface area contributed by atoms with Crippen molar-refractivity contribution in [1.82, 2.24) is 14.9 Å². The number of nitrogens with zero attached hydrogens (tertiary/aromatic N) is 3. The molecule has 168 valence electrons. The van der Waals surface area contributed by atoms with Crippen molar-refractivity contribution < 1.29 is 13.7 Å². The molecule has 4 rings (SSSR count). The summed E-state index contributed by atoms with van der Waals surface area (Å²) in [6.07, 6.45) is 2.07. The third-order valence-corrected chi connectivity index (χ3v) is 7.00. The normalized spacial score (nSPS) is 14.0. The summed E-state index contributed by atoms with van der Waals surface area (Å²) in [5, 5.41) is 6.77. The molecule has 1 aliphatic heterocycles. The minimum Gasteiger partial charge on any atom is -0.495 e. The fraction of sp³-hybridized carbons (Fsp3) is 0.304. The molecular formula is C23H27FN5O2P. The van der Waals surface area contributed by atoms with E-state index in [1.165, 1.54) is 11.1 Å². The van der Waals surface area contributed by atoms with E-state index in [-0.39, 0.29) is 11.8 Å². The van der Waals surface area contributed by atoms with Crippen molar-refractivity contribution in [2.75, 3.05) is 44.7 Å². The Labute approximate surface area is 187 Å². The first-order valence-corrected chi connectivity index (χ1v) is 12.9. The maximum atomic E-state index is 14.5. The van der Waals surface area contributed by atoms with Crippen LogP contribution >= 0.6 is 7.14 Å². The Balaban J connectivity index is 1.65. The smallest absolute Gasteiger partial charge is 0.229 e. The Morgan fingerprint density at radius 3 is 2.66 bits per heavy atom. The van der Waals surface area contributed by atoms with Crippen LogP contribution in [0.4, 0.5) is 27.5 Å². The van der Waals surface area contributed by atoms with E-state index in [0.717, 1.165) is 25.7 Å². The maximum absolute atomic E-state index is 14.5. The molecule has 2 N–H and O–H groups in total. The SMILES string of the molecule is COc1cc2c(cc1Nc1ncc(F)c(Nc3ccccc3P(C)(C)=O)n1)CN(C)CC2. The van der Waals surface area contributed by atoms with Crippen molar-refractivity contribution in [2.45, 2.75) is 13.0 Å². The fourth-order valence-electron chi connectivity index (χ4n) is 3.81. The number of hydrogen-bond acceptors (Lipinski definition) is 7. The van der Waals surface area contributed by atoms with Crippen molar-refractivity contribution in [3.63, 3.8) is 0 Å². The molecule has 9 heteroatoms.